The summed E-state index contributed by atoms with van der Waals surface area (Å²) in [6.07, 6.45) is 0. The van der Waals surface area contributed by atoms with Gasteiger partial charge in [-0.25, -0.2) is 4.39 Å². The van der Waals surface area contributed by atoms with E-state index in [9.17, 15) is 9.18 Å². The smallest absolute Gasteiger partial charge is 0.258 e. The molecule has 2 aromatic rings. The van der Waals surface area contributed by atoms with E-state index in [-0.39, 0.29) is 5.56 Å². The standard InChI is InChI=1S/C15H13BrFNO2/c1-9-3-5-11(13(17)7-9)15(19)18-14-8-10(20-2)4-6-12(14)16/h3-8H,1-2H3,(H,18,19). The van der Waals surface area contributed by atoms with Gasteiger partial charge in [0.2, 0.25) is 0 Å². The van der Waals surface area contributed by atoms with E-state index < -0.39 is 11.7 Å². The summed E-state index contributed by atoms with van der Waals surface area (Å²) in [4.78, 5) is 12.1. The second-order valence-corrected chi connectivity index (χ2v) is 5.14. The lowest BCUT2D eigenvalue weighted by molar-refractivity contribution is 0.102. The molecule has 5 heteroatoms. The Hall–Kier alpha value is -1.88. The fourth-order valence-corrected chi connectivity index (χ4v) is 2.07. The molecule has 0 saturated heterocycles. The molecule has 0 spiro atoms. The number of aryl methyl sites for hydroxylation is 1. The number of halogens is 2. The maximum Gasteiger partial charge on any atom is 0.258 e. The number of hydrogen-bond acceptors (Lipinski definition) is 2. The Bertz CT molecular complexity index is 658. The summed E-state index contributed by atoms with van der Waals surface area (Å²) < 4.78 is 19.5. The zero-order valence-corrected chi connectivity index (χ0v) is 12.6. The summed E-state index contributed by atoms with van der Waals surface area (Å²) in [7, 11) is 1.54. The molecule has 0 aliphatic carbocycles. The summed E-state index contributed by atoms with van der Waals surface area (Å²) in [5.74, 6) is -0.439. The highest BCUT2D eigenvalue weighted by Gasteiger charge is 2.13. The van der Waals surface area contributed by atoms with Gasteiger partial charge < -0.3 is 10.1 Å². The van der Waals surface area contributed by atoms with Crippen molar-refractivity contribution in [1.82, 2.24) is 0 Å². The number of amides is 1. The van der Waals surface area contributed by atoms with E-state index in [1.807, 2.05) is 0 Å². The molecule has 0 radical (unpaired) electrons. The minimum atomic E-state index is -0.540. The van der Waals surface area contributed by atoms with Crippen molar-refractivity contribution in [3.63, 3.8) is 0 Å². The summed E-state index contributed by atoms with van der Waals surface area (Å²) in [6.45, 7) is 1.77. The van der Waals surface area contributed by atoms with Gasteiger partial charge in [-0.2, -0.15) is 0 Å². The summed E-state index contributed by atoms with van der Waals surface area (Å²) in [5.41, 5.74) is 1.29. The van der Waals surface area contributed by atoms with Gasteiger partial charge in [-0.3, -0.25) is 4.79 Å². The van der Waals surface area contributed by atoms with Crippen molar-refractivity contribution in [1.29, 1.82) is 0 Å². The maximum atomic E-state index is 13.8. The summed E-state index contributed by atoms with van der Waals surface area (Å²) in [5, 5.41) is 2.66. The normalized spacial score (nSPS) is 10.2. The van der Waals surface area contributed by atoms with Crippen LogP contribution in [0.3, 0.4) is 0 Å². The Balaban J connectivity index is 2.27. The Labute approximate surface area is 124 Å². The van der Waals surface area contributed by atoms with E-state index in [1.165, 1.54) is 19.2 Å². The van der Waals surface area contributed by atoms with Crippen molar-refractivity contribution in [2.24, 2.45) is 0 Å². The van der Waals surface area contributed by atoms with Gasteiger partial charge in [0.1, 0.15) is 11.6 Å². The SMILES string of the molecule is COc1ccc(Br)c(NC(=O)c2ccc(C)cc2F)c1. The van der Waals surface area contributed by atoms with Gasteiger partial charge in [0.05, 0.1) is 18.4 Å². The van der Waals surface area contributed by atoms with Crippen LogP contribution in [0.25, 0.3) is 0 Å². The first-order valence-electron chi connectivity index (χ1n) is 5.92. The number of anilines is 1. The monoisotopic (exact) mass is 337 g/mol. The predicted molar refractivity (Wildman–Crippen MR) is 79.8 cm³/mol. The van der Waals surface area contributed by atoms with Crippen LogP contribution in [0.5, 0.6) is 5.75 Å². The molecule has 0 aliphatic rings. The third-order valence-electron chi connectivity index (χ3n) is 2.79. The summed E-state index contributed by atoms with van der Waals surface area (Å²) in [6, 6.07) is 9.66. The minimum Gasteiger partial charge on any atom is -0.497 e. The summed E-state index contributed by atoms with van der Waals surface area (Å²) >= 11 is 3.33. The van der Waals surface area contributed by atoms with E-state index in [2.05, 4.69) is 21.2 Å². The lowest BCUT2D eigenvalue weighted by atomic mass is 10.1. The molecule has 2 rings (SSSR count). The van der Waals surface area contributed by atoms with Crippen LogP contribution in [0.15, 0.2) is 40.9 Å². The van der Waals surface area contributed by atoms with E-state index in [0.717, 1.165) is 5.56 Å². The number of ether oxygens (including phenoxy) is 1. The van der Waals surface area contributed by atoms with Crippen molar-refractivity contribution in [2.45, 2.75) is 6.92 Å². The highest BCUT2D eigenvalue weighted by Crippen LogP contribution is 2.27. The zero-order valence-electron chi connectivity index (χ0n) is 11.0. The average Bonchev–Trinajstić information content (AvgIpc) is 2.41. The topological polar surface area (TPSA) is 38.3 Å². The molecule has 1 amide bonds. The largest absolute Gasteiger partial charge is 0.497 e. The number of benzene rings is 2. The highest BCUT2D eigenvalue weighted by atomic mass is 79.9. The molecular formula is C15H13BrFNO2. The second kappa shape index (κ2) is 6.05. The van der Waals surface area contributed by atoms with Crippen molar-refractivity contribution in [3.8, 4) is 5.75 Å². The van der Waals surface area contributed by atoms with E-state index in [0.29, 0.717) is 15.9 Å². The molecule has 0 atom stereocenters. The van der Waals surface area contributed by atoms with Crippen molar-refractivity contribution >= 4 is 27.5 Å². The fraction of sp³-hybridized carbons (Fsp3) is 0.133. The van der Waals surface area contributed by atoms with Crippen LogP contribution in [0, 0.1) is 12.7 Å². The van der Waals surface area contributed by atoms with Gasteiger partial charge in [-0.1, -0.05) is 6.07 Å². The number of hydrogen-bond donors (Lipinski definition) is 1. The van der Waals surface area contributed by atoms with Gasteiger partial charge in [0.25, 0.3) is 5.91 Å². The van der Waals surface area contributed by atoms with Crippen molar-refractivity contribution in [3.05, 3.63) is 57.8 Å². The van der Waals surface area contributed by atoms with E-state index in [4.69, 9.17) is 4.74 Å². The number of carbonyl (C=O) groups is 1. The first kappa shape index (κ1) is 14.5. The van der Waals surface area contributed by atoms with E-state index >= 15 is 0 Å². The minimum absolute atomic E-state index is 0.00493. The Morgan fingerprint density at radius 3 is 2.65 bits per heavy atom. The van der Waals surface area contributed by atoms with Gasteiger partial charge >= 0.3 is 0 Å². The van der Waals surface area contributed by atoms with Gasteiger partial charge in [-0.15, -0.1) is 0 Å². The van der Waals surface area contributed by atoms with Gasteiger partial charge in [-0.05, 0) is 52.7 Å². The molecule has 2 aromatic carbocycles. The molecule has 20 heavy (non-hydrogen) atoms. The maximum absolute atomic E-state index is 13.8. The van der Waals surface area contributed by atoms with Crippen LogP contribution < -0.4 is 10.1 Å². The Morgan fingerprint density at radius 2 is 2.00 bits per heavy atom. The van der Waals surface area contributed by atoms with Gasteiger partial charge in [0, 0.05) is 10.5 Å². The van der Waals surface area contributed by atoms with Gasteiger partial charge in [0.15, 0.2) is 0 Å². The van der Waals surface area contributed by atoms with Crippen molar-refractivity contribution in [2.75, 3.05) is 12.4 Å². The number of nitrogens with one attached hydrogen (secondary N) is 1. The molecule has 3 nitrogen and oxygen atoms in total. The molecular weight excluding hydrogens is 325 g/mol. The first-order valence-corrected chi connectivity index (χ1v) is 6.71. The molecule has 104 valence electrons. The Morgan fingerprint density at radius 1 is 1.25 bits per heavy atom. The zero-order chi connectivity index (χ0) is 14.7. The quantitative estimate of drug-likeness (QED) is 0.913. The fourth-order valence-electron chi connectivity index (χ4n) is 1.72. The van der Waals surface area contributed by atoms with Crippen LogP contribution >= 0.6 is 15.9 Å². The molecule has 0 saturated carbocycles. The second-order valence-electron chi connectivity index (χ2n) is 4.28. The predicted octanol–water partition coefficient (Wildman–Crippen LogP) is 4.16. The molecule has 0 heterocycles. The molecule has 0 bridgehead atoms. The molecule has 0 aliphatic heterocycles. The molecule has 0 fully saturated rings. The lowest BCUT2D eigenvalue weighted by Gasteiger charge is -2.10. The average molecular weight is 338 g/mol. The van der Waals surface area contributed by atoms with E-state index in [1.54, 1.807) is 31.2 Å². The highest BCUT2D eigenvalue weighted by molar-refractivity contribution is 9.10. The molecule has 0 aromatic heterocycles. The number of methoxy groups -OCH3 is 1. The Kier molecular flexibility index (Phi) is 4.39. The van der Waals surface area contributed by atoms with Crippen LogP contribution in [0.4, 0.5) is 10.1 Å². The third kappa shape index (κ3) is 3.17. The van der Waals surface area contributed by atoms with Crippen LogP contribution in [0.2, 0.25) is 0 Å². The van der Waals surface area contributed by atoms with Crippen LogP contribution in [0.1, 0.15) is 15.9 Å². The lowest BCUT2D eigenvalue weighted by Crippen LogP contribution is -2.14. The first-order chi connectivity index (χ1) is 9.51. The number of carbonyl (C=O) groups excluding carboxylic acids is 1. The molecule has 1 N–H and O–H groups in total. The third-order valence-corrected chi connectivity index (χ3v) is 3.48. The molecule has 0 unspecified atom stereocenters. The van der Waals surface area contributed by atoms with Crippen LogP contribution in [-0.4, -0.2) is 13.0 Å². The van der Waals surface area contributed by atoms with Crippen molar-refractivity contribution < 1.29 is 13.9 Å². The van der Waals surface area contributed by atoms with Crippen LogP contribution in [-0.2, 0) is 0 Å². The number of rotatable bonds is 3.